The van der Waals surface area contributed by atoms with Crippen LogP contribution in [0.5, 0.6) is 0 Å². The third kappa shape index (κ3) is 5.43. The zero-order valence-corrected chi connectivity index (χ0v) is 14.6. The topological polar surface area (TPSA) is 55.1 Å². The van der Waals surface area contributed by atoms with Gasteiger partial charge in [-0.3, -0.25) is 4.79 Å². The van der Waals surface area contributed by atoms with Crippen LogP contribution in [0, 0.1) is 12.3 Å². The maximum absolute atomic E-state index is 12.0. The number of halogens is 2. The molecule has 0 aliphatic rings. The van der Waals surface area contributed by atoms with Crippen LogP contribution < -0.4 is 11.1 Å². The quantitative estimate of drug-likeness (QED) is 0.783. The van der Waals surface area contributed by atoms with Gasteiger partial charge in [0.1, 0.15) is 0 Å². The van der Waals surface area contributed by atoms with Crippen LogP contribution in [0.3, 0.4) is 0 Å². The van der Waals surface area contributed by atoms with E-state index in [0.29, 0.717) is 23.7 Å². The molecule has 112 valence electrons. The Morgan fingerprint density at radius 3 is 2.65 bits per heavy atom. The third-order valence-electron chi connectivity index (χ3n) is 3.37. The highest BCUT2D eigenvalue weighted by Gasteiger charge is 2.18. The van der Waals surface area contributed by atoms with Crippen LogP contribution in [0.4, 0.5) is 5.69 Å². The second-order valence-electron chi connectivity index (χ2n) is 5.83. The molecule has 0 saturated carbocycles. The van der Waals surface area contributed by atoms with Gasteiger partial charge in [0.25, 0.3) is 0 Å². The summed E-state index contributed by atoms with van der Waals surface area (Å²) in [6.45, 7) is 6.83. The molecule has 0 heterocycles. The van der Waals surface area contributed by atoms with Crippen molar-refractivity contribution in [2.45, 2.75) is 40.0 Å². The summed E-state index contributed by atoms with van der Waals surface area (Å²) >= 11 is 9.51. The van der Waals surface area contributed by atoms with E-state index in [0.717, 1.165) is 22.9 Å². The first-order valence-corrected chi connectivity index (χ1v) is 7.88. The molecule has 0 aromatic heterocycles. The molecule has 1 aromatic carbocycles. The molecule has 0 spiro atoms. The summed E-state index contributed by atoms with van der Waals surface area (Å²) in [4.78, 5) is 12.0. The highest BCUT2D eigenvalue weighted by atomic mass is 79.9. The third-order valence-corrected chi connectivity index (χ3v) is 4.44. The van der Waals surface area contributed by atoms with Gasteiger partial charge in [-0.05, 0) is 65.4 Å². The maximum Gasteiger partial charge on any atom is 0.224 e. The summed E-state index contributed by atoms with van der Waals surface area (Å²) < 4.78 is 0.842. The Labute approximate surface area is 134 Å². The summed E-state index contributed by atoms with van der Waals surface area (Å²) in [6, 6.07) is 3.67. The van der Waals surface area contributed by atoms with Crippen molar-refractivity contribution in [3.8, 4) is 0 Å². The number of hydrogen-bond donors (Lipinski definition) is 2. The number of benzene rings is 1. The van der Waals surface area contributed by atoms with Gasteiger partial charge in [0, 0.05) is 15.9 Å². The standard InChI is InChI=1S/C15H22BrClN2O/c1-10-8-11(16)13(9-12(10)17)19-14(20)4-5-15(2,3)6-7-18/h8-9H,4-7,18H2,1-3H3,(H,19,20). The number of rotatable bonds is 6. The van der Waals surface area contributed by atoms with Gasteiger partial charge in [-0.2, -0.15) is 0 Å². The molecule has 0 aliphatic heterocycles. The van der Waals surface area contributed by atoms with E-state index in [1.165, 1.54) is 0 Å². The molecular formula is C15H22BrClN2O. The van der Waals surface area contributed by atoms with E-state index >= 15 is 0 Å². The van der Waals surface area contributed by atoms with Crippen LogP contribution in [-0.2, 0) is 4.79 Å². The first-order chi connectivity index (χ1) is 9.25. The number of carbonyl (C=O) groups is 1. The summed E-state index contributed by atoms with van der Waals surface area (Å²) in [7, 11) is 0. The normalized spacial score (nSPS) is 11.5. The van der Waals surface area contributed by atoms with Crippen molar-refractivity contribution in [3.05, 3.63) is 27.2 Å². The summed E-state index contributed by atoms with van der Waals surface area (Å²) in [6.07, 6.45) is 2.21. The lowest BCUT2D eigenvalue weighted by molar-refractivity contribution is -0.116. The van der Waals surface area contributed by atoms with Gasteiger partial charge in [0.05, 0.1) is 5.69 Å². The fraction of sp³-hybridized carbons (Fsp3) is 0.533. The molecule has 3 nitrogen and oxygen atoms in total. The van der Waals surface area contributed by atoms with E-state index in [1.807, 2.05) is 13.0 Å². The van der Waals surface area contributed by atoms with E-state index in [2.05, 4.69) is 35.1 Å². The van der Waals surface area contributed by atoms with Gasteiger partial charge < -0.3 is 11.1 Å². The minimum atomic E-state index is -0.00397. The second-order valence-corrected chi connectivity index (χ2v) is 7.09. The highest BCUT2D eigenvalue weighted by Crippen LogP contribution is 2.30. The van der Waals surface area contributed by atoms with Crippen molar-refractivity contribution in [1.82, 2.24) is 0 Å². The van der Waals surface area contributed by atoms with Crippen LogP contribution in [0.25, 0.3) is 0 Å². The Balaban J connectivity index is 2.61. The van der Waals surface area contributed by atoms with Gasteiger partial charge in [-0.15, -0.1) is 0 Å². The van der Waals surface area contributed by atoms with Crippen LogP contribution in [-0.4, -0.2) is 12.5 Å². The second kappa shape index (κ2) is 7.43. The van der Waals surface area contributed by atoms with E-state index in [1.54, 1.807) is 6.07 Å². The van der Waals surface area contributed by atoms with E-state index in [-0.39, 0.29) is 11.3 Å². The average Bonchev–Trinajstić information content (AvgIpc) is 2.34. The number of aryl methyl sites for hydroxylation is 1. The van der Waals surface area contributed by atoms with Gasteiger partial charge in [-0.1, -0.05) is 25.4 Å². The van der Waals surface area contributed by atoms with Crippen molar-refractivity contribution in [1.29, 1.82) is 0 Å². The predicted molar refractivity (Wildman–Crippen MR) is 89.2 cm³/mol. The fourth-order valence-corrected chi connectivity index (χ4v) is 2.64. The van der Waals surface area contributed by atoms with E-state index in [9.17, 15) is 4.79 Å². The summed E-state index contributed by atoms with van der Waals surface area (Å²) in [5.41, 5.74) is 7.35. The zero-order chi connectivity index (χ0) is 15.3. The Morgan fingerprint density at radius 1 is 1.40 bits per heavy atom. The highest BCUT2D eigenvalue weighted by molar-refractivity contribution is 9.10. The number of hydrogen-bond acceptors (Lipinski definition) is 2. The first kappa shape index (κ1) is 17.5. The number of anilines is 1. The van der Waals surface area contributed by atoms with Crippen LogP contribution in [0.1, 0.15) is 38.7 Å². The maximum atomic E-state index is 12.0. The van der Waals surface area contributed by atoms with Crippen LogP contribution in [0.2, 0.25) is 5.02 Å². The zero-order valence-electron chi connectivity index (χ0n) is 12.2. The minimum absolute atomic E-state index is 0.00397. The summed E-state index contributed by atoms with van der Waals surface area (Å²) in [5, 5.41) is 3.54. The number of nitrogens with one attached hydrogen (secondary N) is 1. The molecule has 0 saturated heterocycles. The number of carbonyl (C=O) groups excluding carboxylic acids is 1. The van der Waals surface area contributed by atoms with Gasteiger partial charge >= 0.3 is 0 Å². The molecule has 0 bridgehead atoms. The van der Waals surface area contributed by atoms with Crippen molar-refractivity contribution in [2.75, 3.05) is 11.9 Å². The fourth-order valence-electron chi connectivity index (χ4n) is 1.92. The molecule has 0 unspecified atom stereocenters. The molecule has 1 amide bonds. The average molecular weight is 362 g/mol. The molecule has 1 rings (SSSR count). The molecule has 0 radical (unpaired) electrons. The molecule has 0 atom stereocenters. The van der Waals surface area contributed by atoms with Gasteiger partial charge in [-0.25, -0.2) is 0 Å². The monoisotopic (exact) mass is 360 g/mol. The minimum Gasteiger partial charge on any atom is -0.330 e. The predicted octanol–water partition coefficient (Wildman–Crippen LogP) is 4.50. The Kier molecular flexibility index (Phi) is 6.49. The largest absolute Gasteiger partial charge is 0.330 e. The molecule has 20 heavy (non-hydrogen) atoms. The van der Waals surface area contributed by atoms with Crippen LogP contribution >= 0.6 is 27.5 Å². The lowest BCUT2D eigenvalue weighted by Gasteiger charge is -2.23. The molecule has 5 heteroatoms. The molecule has 0 fully saturated rings. The summed E-state index contributed by atoms with van der Waals surface area (Å²) in [5.74, 6) is -0.00397. The molecule has 3 N–H and O–H groups in total. The first-order valence-electron chi connectivity index (χ1n) is 6.71. The number of nitrogens with two attached hydrogens (primary N) is 1. The Hall–Kier alpha value is -0.580. The molecule has 1 aromatic rings. The van der Waals surface area contributed by atoms with Crippen molar-refractivity contribution in [2.24, 2.45) is 11.1 Å². The van der Waals surface area contributed by atoms with Crippen molar-refractivity contribution >= 4 is 39.1 Å². The Morgan fingerprint density at radius 2 is 2.05 bits per heavy atom. The lowest BCUT2D eigenvalue weighted by Crippen LogP contribution is -2.20. The molecule has 0 aliphatic carbocycles. The molecular weight excluding hydrogens is 340 g/mol. The van der Waals surface area contributed by atoms with Gasteiger partial charge in [0.2, 0.25) is 5.91 Å². The SMILES string of the molecule is Cc1cc(Br)c(NC(=O)CCC(C)(C)CCN)cc1Cl. The smallest absolute Gasteiger partial charge is 0.224 e. The van der Waals surface area contributed by atoms with Gasteiger partial charge in [0.15, 0.2) is 0 Å². The Bertz CT molecular complexity index is 489. The van der Waals surface area contributed by atoms with Crippen molar-refractivity contribution < 1.29 is 4.79 Å². The number of amides is 1. The van der Waals surface area contributed by atoms with E-state index < -0.39 is 0 Å². The lowest BCUT2D eigenvalue weighted by atomic mass is 9.84. The van der Waals surface area contributed by atoms with Crippen LogP contribution in [0.15, 0.2) is 16.6 Å². The van der Waals surface area contributed by atoms with Crippen molar-refractivity contribution in [3.63, 3.8) is 0 Å². The van der Waals surface area contributed by atoms with E-state index in [4.69, 9.17) is 17.3 Å².